The van der Waals surface area contributed by atoms with Crippen molar-refractivity contribution in [2.75, 3.05) is 5.75 Å². The second-order valence-corrected chi connectivity index (χ2v) is 8.76. The number of aromatic hydroxyl groups is 1. The molecule has 1 heterocycles. The monoisotopic (exact) mass is 550 g/mol. The highest BCUT2D eigenvalue weighted by molar-refractivity contribution is 7.80. The van der Waals surface area contributed by atoms with Crippen molar-refractivity contribution in [1.82, 2.24) is 25.9 Å². The largest absolute Gasteiger partial charge is 0.508 e. The quantitative estimate of drug-likeness (QED) is 0.117. The number of nitrogens with two attached hydrogens (primary N) is 1. The molecule has 38 heavy (non-hydrogen) atoms. The van der Waals surface area contributed by atoms with Crippen molar-refractivity contribution in [3.05, 3.63) is 48.0 Å². The summed E-state index contributed by atoms with van der Waals surface area (Å²) < 4.78 is 0. The number of amides is 3. The van der Waals surface area contributed by atoms with Gasteiger partial charge in [-0.25, -0.2) is 9.78 Å². The van der Waals surface area contributed by atoms with Crippen LogP contribution >= 0.6 is 12.6 Å². The second kappa shape index (κ2) is 14.6. The second-order valence-electron chi connectivity index (χ2n) is 8.39. The van der Waals surface area contributed by atoms with Gasteiger partial charge in [-0.15, -0.1) is 0 Å². The van der Waals surface area contributed by atoms with E-state index in [2.05, 4.69) is 38.5 Å². The molecular weight excluding hydrogens is 520 g/mol. The number of hydrogen-bond acceptors (Lipinski definition) is 9. The number of aromatic nitrogens is 2. The molecular formula is C23H30N6O8S. The molecule has 0 aliphatic rings. The van der Waals surface area contributed by atoms with Crippen molar-refractivity contribution in [2.24, 2.45) is 5.73 Å². The van der Waals surface area contributed by atoms with E-state index in [4.69, 9.17) is 10.8 Å². The molecule has 2 aromatic rings. The summed E-state index contributed by atoms with van der Waals surface area (Å²) in [5, 5.41) is 35.1. The van der Waals surface area contributed by atoms with Gasteiger partial charge in [-0.3, -0.25) is 19.2 Å². The lowest BCUT2D eigenvalue weighted by atomic mass is 10.1. The number of aromatic amines is 1. The minimum Gasteiger partial charge on any atom is -0.508 e. The number of rotatable bonds is 15. The molecule has 0 bridgehead atoms. The topological polar surface area (TPSA) is 237 Å². The number of nitrogens with one attached hydrogen (secondary N) is 4. The van der Waals surface area contributed by atoms with Crippen molar-refractivity contribution in [3.8, 4) is 5.75 Å². The first-order valence-corrected chi connectivity index (χ1v) is 12.1. The van der Waals surface area contributed by atoms with E-state index in [0.29, 0.717) is 11.3 Å². The van der Waals surface area contributed by atoms with Gasteiger partial charge < -0.3 is 42.0 Å². The molecule has 4 atom stereocenters. The molecule has 0 saturated carbocycles. The van der Waals surface area contributed by atoms with Gasteiger partial charge in [-0.05, 0) is 24.1 Å². The fourth-order valence-corrected chi connectivity index (χ4v) is 3.60. The molecule has 0 aliphatic heterocycles. The van der Waals surface area contributed by atoms with E-state index >= 15 is 0 Å². The van der Waals surface area contributed by atoms with Crippen LogP contribution in [0.5, 0.6) is 5.75 Å². The van der Waals surface area contributed by atoms with E-state index in [1.807, 2.05) is 0 Å². The van der Waals surface area contributed by atoms with Crippen LogP contribution in [-0.2, 0) is 36.8 Å². The van der Waals surface area contributed by atoms with Gasteiger partial charge in [0.2, 0.25) is 17.7 Å². The summed E-state index contributed by atoms with van der Waals surface area (Å²) in [7, 11) is 0. The summed E-state index contributed by atoms with van der Waals surface area (Å²) >= 11 is 4.06. The molecule has 1 aromatic carbocycles. The first-order chi connectivity index (χ1) is 18.0. The maximum Gasteiger partial charge on any atom is 0.326 e. The average Bonchev–Trinajstić information content (AvgIpc) is 3.38. The van der Waals surface area contributed by atoms with Crippen LogP contribution in [0.15, 0.2) is 36.8 Å². The SMILES string of the molecule is NC(Cc1cnc[nH]1)C(=O)NC(CCC(=O)O)C(=O)NC(CS)C(=O)NC(Cc1ccc(O)cc1)C(=O)O. The molecule has 0 radical (unpaired) electrons. The number of carbonyl (C=O) groups is 5. The number of thiol groups is 1. The lowest BCUT2D eigenvalue weighted by Crippen LogP contribution is -2.58. The number of H-pyrrole nitrogens is 1. The number of aliphatic carboxylic acids is 2. The van der Waals surface area contributed by atoms with Crippen LogP contribution in [0.2, 0.25) is 0 Å². The van der Waals surface area contributed by atoms with Gasteiger partial charge >= 0.3 is 11.9 Å². The zero-order valence-corrected chi connectivity index (χ0v) is 21.1. The Morgan fingerprint density at radius 3 is 2.08 bits per heavy atom. The summed E-state index contributed by atoms with van der Waals surface area (Å²) in [4.78, 5) is 67.6. The standard InChI is InChI=1S/C23H30N6O8S/c24-15(8-13-9-25-11-26-13)20(33)27-16(5-6-19(31)32)21(34)29-18(10-38)22(35)28-17(23(36)37)7-12-1-3-14(30)4-2-12/h1-4,9,11,15-18,30,38H,5-8,10,24H2,(H,25,26)(H,27,33)(H,28,35)(H,29,34)(H,31,32)(H,36,37). The van der Waals surface area contributed by atoms with E-state index in [1.54, 1.807) is 0 Å². The zero-order valence-electron chi connectivity index (χ0n) is 20.2. The predicted molar refractivity (Wildman–Crippen MR) is 136 cm³/mol. The number of phenolic OH excluding ortho intramolecular Hbond substituents is 1. The highest BCUT2D eigenvalue weighted by Gasteiger charge is 2.30. The van der Waals surface area contributed by atoms with Crippen LogP contribution in [0.3, 0.4) is 0 Å². The van der Waals surface area contributed by atoms with E-state index < -0.39 is 60.2 Å². The molecule has 2 rings (SSSR count). The molecule has 0 aliphatic carbocycles. The molecule has 15 heteroatoms. The van der Waals surface area contributed by atoms with Crippen LogP contribution in [0, 0.1) is 0 Å². The molecule has 206 valence electrons. The summed E-state index contributed by atoms with van der Waals surface area (Å²) in [6.45, 7) is 0. The number of benzene rings is 1. The molecule has 3 amide bonds. The smallest absolute Gasteiger partial charge is 0.326 e. The molecule has 0 spiro atoms. The normalized spacial score (nSPS) is 13.9. The number of nitrogens with zero attached hydrogens (tertiary/aromatic N) is 1. The number of hydrogen-bond donors (Lipinski definition) is 9. The van der Waals surface area contributed by atoms with E-state index in [-0.39, 0.29) is 30.8 Å². The van der Waals surface area contributed by atoms with Crippen LogP contribution in [0.25, 0.3) is 0 Å². The number of phenols is 1. The summed E-state index contributed by atoms with van der Waals surface area (Å²) in [5.74, 6) is -5.20. The average molecular weight is 551 g/mol. The Morgan fingerprint density at radius 2 is 1.53 bits per heavy atom. The van der Waals surface area contributed by atoms with Crippen LogP contribution < -0.4 is 21.7 Å². The number of carbonyl (C=O) groups excluding carboxylic acids is 3. The van der Waals surface area contributed by atoms with E-state index in [9.17, 15) is 34.2 Å². The van der Waals surface area contributed by atoms with Gasteiger partial charge in [-0.1, -0.05) is 12.1 Å². The van der Waals surface area contributed by atoms with Crippen molar-refractivity contribution in [2.45, 2.75) is 49.9 Å². The van der Waals surface area contributed by atoms with Crippen molar-refractivity contribution < 1.29 is 39.3 Å². The minimum absolute atomic E-state index is 0.00526. The Labute approximate surface area is 222 Å². The lowest BCUT2D eigenvalue weighted by Gasteiger charge is -2.24. The maximum atomic E-state index is 12.9. The molecule has 14 nitrogen and oxygen atoms in total. The van der Waals surface area contributed by atoms with E-state index in [0.717, 1.165) is 0 Å². The fourth-order valence-electron chi connectivity index (χ4n) is 3.35. The fraction of sp³-hybridized carbons (Fsp3) is 0.391. The Balaban J connectivity index is 2.05. The van der Waals surface area contributed by atoms with Gasteiger partial charge in [0.25, 0.3) is 0 Å². The molecule has 0 saturated heterocycles. The number of carboxylic acids is 2. The predicted octanol–water partition coefficient (Wildman–Crippen LogP) is -1.44. The maximum absolute atomic E-state index is 12.9. The van der Waals surface area contributed by atoms with Gasteiger partial charge in [0, 0.05) is 36.9 Å². The first kappa shape index (κ1) is 30.1. The molecule has 1 aromatic heterocycles. The van der Waals surface area contributed by atoms with Crippen LogP contribution in [-0.4, -0.2) is 84.9 Å². The number of carboxylic acid groups (broad SMARTS) is 2. The first-order valence-electron chi connectivity index (χ1n) is 11.5. The third-order valence-electron chi connectivity index (χ3n) is 5.42. The van der Waals surface area contributed by atoms with Gasteiger partial charge in [0.05, 0.1) is 12.4 Å². The summed E-state index contributed by atoms with van der Waals surface area (Å²) in [6.07, 6.45) is 2.12. The number of imidazole rings is 1. The molecule has 9 N–H and O–H groups in total. The van der Waals surface area contributed by atoms with Gasteiger partial charge in [-0.2, -0.15) is 12.6 Å². The summed E-state index contributed by atoms with van der Waals surface area (Å²) in [5.41, 5.74) is 7.00. The third-order valence-corrected chi connectivity index (χ3v) is 5.78. The van der Waals surface area contributed by atoms with Crippen LogP contribution in [0.1, 0.15) is 24.1 Å². The lowest BCUT2D eigenvalue weighted by molar-refractivity contribution is -0.142. The zero-order chi connectivity index (χ0) is 28.2. The Bertz CT molecular complexity index is 1110. The molecule has 0 fully saturated rings. The van der Waals surface area contributed by atoms with Crippen molar-refractivity contribution in [1.29, 1.82) is 0 Å². The van der Waals surface area contributed by atoms with Gasteiger partial charge in [0.15, 0.2) is 0 Å². The highest BCUT2D eigenvalue weighted by Crippen LogP contribution is 2.12. The van der Waals surface area contributed by atoms with Gasteiger partial charge in [0.1, 0.15) is 23.9 Å². The molecule has 4 unspecified atom stereocenters. The van der Waals surface area contributed by atoms with Crippen molar-refractivity contribution in [3.63, 3.8) is 0 Å². The highest BCUT2D eigenvalue weighted by atomic mass is 32.1. The Hall–Kier alpha value is -4.11. The van der Waals surface area contributed by atoms with E-state index in [1.165, 1.54) is 36.8 Å². The van der Waals surface area contributed by atoms with Crippen LogP contribution in [0.4, 0.5) is 0 Å². The Morgan fingerprint density at radius 1 is 0.921 bits per heavy atom. The van der Waals surface area contributed by atoms with Crippen molar-refractivity contribution >= 4 is 42.3 Å². The third kappa shape index (κ3) is 9.74. The summed E-state index contributed by atoms with van der Waals surface area (Å²) in [6, 6.07) is 0.692. The Kier molecular flexibility index (Phi) is 11.6. The minimum atomic E-state index is -1.35.